The summed E-state index contributed by atoms with van der Waals surface area (Å²) < 4.78 is 0. The van der Waals surface area contributed by atoms with E-state index in [1.54, 1.807) is 0 Å². The molecule has 0 aliphatic carbocycles. The van der Waals surface area contributed by atoms with Crippen LogP contribution in [0.1, 0.15) is 27.7 Å². The third kappa shape index (κ3) is 4.51. The molecule has 0 aliphatic rings. The molecule has 0 radical (unpaired) electrons. The first-order valence-electron chi connectivity index (χ1n) is 6.76. The van der Waals surface area contributed by atoms with E-state index in [1.165, 1.54) is 0 Å². The van der Waals surface area contributed by atoms with Crippen LogP contribution in [-0.4, -0.2) is 52.3 Å². The third-order valence-corrected chi connectivity index (χ3v) is 2.65. The van der Waals surface area contributed by atoms with E-state index in [1.807, 2.05) is 13.8 Å². The maximum absolute atomic E-state index is 9.08. The minimum absolute atomic E-state index is 0.0306. The molecule has 7 nitrogen and oxygen atoms in total. The monoisotopic (exact) mass is 268 g/mol. The van der Waals surface area contributed by atoms with Crippen molar-refractivity contribution in [3.05, 3.63) is 0 Å². The predicted molar refractivity (Wildman–Crippen MR) is 77.7 cm³/mol. The zero-order valence-electron chi connectivity index (χ0n) is 12.1. The molecule has 0 saturated heterocycles. The molecule has 1 atom stereocenters. The molecule has 1 unspecified atom stereocenters. The minimum atomic E-state index is -0.0959. The van der Waals surface area contributed by atoms with E-state index in [0.717, 1.165) is 19.6 Å². The van der Waals surface area contributed by atoms with Gasteiger partial charge in [0.2, 0.25) is 17.8 Å². The van der Waals surface area contributed by atoms with Gasteiger partial charge in [0, 0.05) is 25.7 Å². The number of rotatable bonds is 8. The summed E-state index contributed by atoms with van der Waals surface area (Å²) in [6.45, 7) is 10.4. The van der Waals surface area contributed by atoms with Gasteiger partial charge in [-0.3, -0.25) is 0 Å². The lowest BCUT2D eigenvalue weighted by Crippen LogP contribution is -2.27. The van der Waals surface area contributed by atoms with E-state index in [4.69, 9.17) is 5.11 Å². The van der Waals surface area contributed by atoms with E-state index in [-0.39, 0.29) is 12.6 Å². The maximum Gasteiger partial charge on any atom is 0.231 e. The van der Waals surface area contributed by atoms with Crippen molar-refractivity contribution in [3.8, 4) is 0 Å². The number of hydrogen-bond donors (Lipinski definition) is 3. The highest BCUT2D eigenvalue weighted by molar-refractivity contribution is 5.44. The Kier molecular flexibility index (Phi) is 6.27. The molecule has 1 aromatic rings. The normalized spacial score (nSPS) is 12.1. The zero-order chi connectivity index (χ0) is 14.3. The van der Waals surface area contributed by atoms with Gasteiger partial charge in [-0.1, -0.05) is 0 Å². The second-order valence-electron chi connectivity index (χ2n) is 4.21. The second-order valence-corrected chi connectivity index (χ2v) is 4.21. The average Bonchev–Trinajstić information content (AvgIpc) is 2.40. The molecule has 0 amide bonds. The van der Waals surface area contributed by atoms with Crippen LogP contribution in [0.15, 0.2) is 0 Å². The van der Waals surface area contributed by atoms with Gasteiger partial charge in [-0.2, -0.15) is 15.0 Å². The van der Waals surface area contributed by atoms with Gasteiger partial charge in [0.1, 0.15) is 0 Å². The van der Waals surface area contributed by atoms with Crippen LogP contribution >= 0.6 is 0 Å². The van der Waals surface area contributed by atoms with Crippen molar-refractivity contribution in [2.75, 3.05) is 41.8 Å². The molecule has 0 aromatic carbocycles. The van der Waals surface area contributed by atoms with Gasteiger partial charge in [-0.05, 0) is 27.7 Å². The van der Waals surface area contributed by atoms with Crippen LogP contribution in [0, 0.1) is 0 Å². The number of aromatic nitrogens is 3. The van der Waals surface area contributed by atoms with E-state index >= 15 is 0 Å². The standard InChI is InChI=1S/C12H24N6O/c1-5-13-10-15-11(14-9(4)8-19)17-12(16-10)18(6-2)7-3/h9,19H,5-8H2,1-4H3,(H2,13,14,15,16,17). The number of anilines is 3. The Morgan fingerprint density at radius 1 is 1.11 bits per heavy atom. The molecule has 108 valence electrons. The van der Waals surface area contributed by atoms with Crippen molar-refractivity contribution in [2.24, 2.45) is 0 Å². The van der Waals surface area contributed by atoms with E-state index in [2.05, 4.69) is 44.3 Å². The van der Waals surface area contributed by atoms with Crippen LogP contribution in [0.2, 0.25) is 0 Å². The molecular weight excluding hydrogens is 244 g/mol. The predicted octanol–water partition coefficient (Wildman–Crippen LogP) is 0.942. The SMILES string of the molecule is CCNc1nc(NC(C)CO)nc(N(CC)CC)n1. The van der Waals surface area contributed by atoms with Crippen molar-refractivity contribution in [1.29, 1.82) is 0 Å². The number of nitrogens with zero attached hydrogens (tertiary/aromatic N) is 4. The van der Waals surface area contributed by atoms with Crippen molar-refractivity contribution < 1.29 is 5.11 Å². The third-order valence-electron chi connectivity index (χ3n) is 2.65. The molecule has 7 heteroatoms. The van der Waals surface area contributed by atoms with Gasteiger partial charge in [0.05, 0.1) is 6.61 Å². The summed E-state index contributed by atoms with van der Waals surface area (Å²) in [6.07, 6.45) is 0. The van der Waals surface area contributed by atoms with Gasteiger partial charge in [0.15, 0.2) is 0 Å². The summed E-state index contributed by atoms with van der Waals surface area (Å²) in [5, 5.41) is 15.2. The van der Waals surface area contributed by atoms with Crippen molar-refractivity contribution in [3.63, 3.8) is 0 Å². The molecule has 0 fully saturated rings. The Hall–Kier alpha value is -1.63. The topological polar surface area (TPSA) is 86.2 Å². The highest BCUT2D eigenvalue weighted by atomic mass is 16.3. The number of nitrogens with one attached hydrogen (secondary N) is 2. The summed E-state index contributed by atoms with van der Waals surface area (Å²) in [5.74, 6) is 1.67. The highest BCUT2D eigenvalue weighted by Crippen LogP contribution is 2.13. The average molecular weight is 268 g/mol. The van der Waals surface area contributed by atoms with Gasteiger partial charge >= 0.3 is 0 Å². The Labute approximate surface area is 114 Å². The van der Waals surface area contributed by atoms with E-state index < -0.39 is 0 Å². The number of aliphatic hydroxyl groups is 1. The molecule has 1 heterocycles. The molecule has 0 aliphatic heterocycles. The molecular formula is C12H24N6O. The first-order valence-corrected chi connectivity index (χ1v) is 6.76. The lowest BCUT2D eigenvalue weighted by molar-refractivity contribution is 0.281. The van der Waals surface area contributed by atoms with Crippen LogP contribution in [0.3, 0.4) is 0 Å². The van der Waals surface area contributed by atoms with Crippen LogP contribution in [0.25, 0.3) is 0 Å². The quantitative estimate of drug-likeness (QED) is 0.647. The van der Waals surface area contributed by atoms with Crippen LogP contribution in [0.4, 0.5) is 17.8 Å². The van der Waals surface area contributed by atoms with Crippen molar-refractivity contribution in [2.45, 2.75) is 33.7 Å². The van der Waals surface area contributed by atoms with Crippen molar-refractivity contribution >= 4 is 17.8 Å². The van der Waals surface area contributed by atoms with Crippen molar-refractivity contribution in [1.82, 2.24) is 15.0 Å². The summed E-state index contributed by atoms with van der Waals surface area (Å²) in [4.78, 5) is 15.1. The Morgan fingerprint density at radius 2 is 1.74 bits per heavy atom. The van der Waals surface area contributed by atoms with Gasteiger partial charge < -0.3 is 20.6 Å². The minimum Gasteiger partial charge on any atom is -0.394 e. The largest absolute Gasteiger partial charge is 0.394 e. The van der Waals surface area contributed by atoms with Crippen LogP contribution in [0.5, 0.6) is 0 Å². The lowest BCUT2D eigenvalue weighted by Gasteiger charge is -2.20. The summed E-state index contributed by atoms with van der Waals surface area (Å²) in [6, 6.07) is -0.0959. The van der Waals surface area contributed by atoms with Crippen LogP contribution < -0.4 is 15.5 Å². The molecule has 3 N–H and O–H groups in total. The number of hydrogen-bond acceptors (Lipinski definition) is 7. The Morgan fingerprint density at radius 3 is 2.26 bits per heavy atom. The van der Waals surface area contributed by atoms with E-state index in [0.29, 0.717) is 17.8 Å². The lowest BCUT2D eigenvalue weighted by atomic mass is 10.4. The van der Waals surface area contributed by atoms with Gasteiger partial charge in [-0.15, -0.1) is 0 Å². The van der Waals surface area contributed by atoms with Gasteiger partial charge in [-0.25, -0.2) is 0 Å². The Balaban J connectivity index is 3.02. The summed E-state index contributed by atoms with van der Waals surface area (Å²) in [5.41, 5.74) is 0. The molecule has 1 aromatic heterocycles. The van der Waals surface area contributed by atoms with Gasteiger partial charge in [0.25, 0.3) is 0 Å². The Bertz CT molecular complexity index is 382. The first kappa shape index (κ1) is 15.4. The smallest absolute Gasteiger partial charge is 0.231 e. The highest BCUT2D eigenvalue weighted by Gasteiger charge is 2.12. The maximum atomic E-state index is 9.08. The molecule has 1 rings (SSSR count). The molecule has 19 heavy (non-hydrogen) atoms. The fourth-order valence-electron chi connectivity index (χ4n) is 1.58. The summed E-state index contributed by atoms with van der Waals surface area (Å²) in [7, 11) is 0. The molecule has 0 saturated carbocycles. The number of aliphatic hydroxyl groups excluding tert-OH is 1. The molecule has 0 bridgehead atoms. The second kappa shape index (κ2) is 7.73. The van der Waals surface area contributed by atoms with Crippen LogP contribution in [-0.2, 0) is 0 Å². The first-order chi connectivity index (χ1) is 9.14. The fraction of sp³-hybridized carbons (Fsp3) is 0.750. The summed E-state index contributed by atoms with van der Waals surface area (Å²) >= 11 is 0. The van der Waals surface area contributed by atoms with E-state index in [9.17, 15) is 0 Å². The fourth-order valence-corrected chi connectivity index (χ4v) is 1.58. The molecule has 0 spiro atoms. The zero-order valence-corrected chi connectivity index (χ0v) is 12.1.